The number of amides is 1. The van der Waals surface area contributed by atoms with E-state index in [1.54, 1.807) is 26.2 Å². The van der Waals surface area contributed by atoms with Crippen LogP contribution in [-0.2, 0) is 0 Å². The molecule has 0 radical (unpaired) electrons. The minimum Gasteiger partial charge on any atom is -0.505 e. The second-order valence-corrected chi connectivity index (χ2v) is 8.49. The third kappa shape index (κ3) is 3.98. The molecule has 3 aromatic rings. The van der Waals surface area contributed by atoms with Gasteiger partial charge in [0.05, 0.1) is 11.3 Å². The number of carbonyl (C=O) groups excluding carboxylic acids is 1. The highest BCUT2D eigenvalue weighted by Crippen LogP contribution is 2.37. The maximum Gasteiger partial charge on any atom is 0.257 e. The highest BCUT2D eigenvalue weighted by atomic mass is 16.3. The zero-order valence-corrected chi connectivity index (χ0v) is 18.2. The second kappa shape index (κ2) is 8.86. The fourth-order valence-corrected chi connectivity index (χ4v) is 4.43. The van der Waals surface area contributed by atoms with E-state index >= 15 is 0 Å². The van der Waals surface area contributed by atoms with E-state index in [9.17, 15) is 19.5 Å². The summed E-state index contributed by atoms with van der Waals surface area (Å²) >= 11 is 0. The van der Waals surface area contributed by atoms with Gasteiger partial charge in [-0.1, -0.05) is 49.2 Å². The SMILES string of the molecule is CN(C)C(=O)c1cccc(Nc2c(N[C@H]3CCCC[C@H]3c3ccccc3)c(=O)c2=O)c1O. The molecule has 1 amide bonds. The predicted octanol–water partition coefficient (Wildman–Crippen LogP) is 3.57. The predicted molar refractivity (Wildman–Crippen MR) is 126 cm³/mol. The topological polar surface area (TPSA) is 98.7 Å². The monoisotopic (exact) mass is 433 g/mol. The molecular formula is C25H27N3O4. The molecule has 1 saturated carbocycles. The van der Waals surface area contributed by atoms with Crippen molar-refractivity contribution in [2.75, 3.05) is 24.7 Å². The van der Waals surface area contributed by atoms with Gasteiger partial charge in [-0.15, -0.1) is 0 Å². The fraction of sp³-hybridized carbons (Fsp3) is 0.320. The molecule has 0 spiro atoms. The van der Waals surface area contributed by atoms with Crippen molar-refractivity contribution in [3.63, 3.8) is 0 Å². The summed E-state index contributed by atoms with van der Waals surface area (Å²) in [5.41, 5.74) is 0.697. The average Bonchev–Trinajstić information content (AvgIpc) is 2.82. The zero-order chi connectivity index (χ0) is 22.8. The third-order valence-electron chi connectivity index (χ3n) is 6.17. The van der Waals surface area contributed by atoms with Gasteiger partial charge in [0, 0.05) is 26.1 Å². The molecular weight excluding hydrogens is 406 g/mol. The normalized spacial score (nSPS) is 18.3. The van der Waals surface area contributed by atoms with E-state index in [0.717, 1.165) is 25.7 Å². The highest BCUT2D eigenvalue weighted by molar-refractivity contribution is 5.99. The first-order chi connectivity index (χ1) is 15.4. The van der Waals surface area contributed by atoms with E-state index in [0.29, 0.717) is 0 Å². The second-order valence-electron chi connectivity index (χ2n) is 8.49. The number of hydrogen-bond donors (Lipinski definition) is 3. The largest absolute Gasteiger partial charge is 0.505 e. The van der Waals surface area contributed by atoms with E-state index < -0.39 is 10.9 Å². The summed E-state index contributed by atoms with van der Waals surface area (Å²) in [6.07, 6.45) is 4.08. The van der Waals surface area contributed by atoms with Crippen molar-refractivity contribution >= 4 is 23.0 Å². The summed E-state index contributed by atoms with van der Waals surface area (Å²) in [5, 5.41) is 16.8. The number of phenols is 1. The first-order valence-corrected chi connectivity index (χ1v) is 10.8. The number of nitrogens with one attached hydrogen (secondary N) is 2. The van der Waals surface area contributed by atoms with Crippen LogP contribution in [0.15, 0.2) is 58.1 Å². The van der Waals surface area contributed by atoms with E-state index in [1.165, 1.54) is 16.5 Å². The number of carbonyl (C=O) groups is 1. The number of para-hydroxylation sites is 1. The van der Waals surface area contributed by atoms with Crippen molar-refractivity contribution in [1.82, 2.24) is 4.90 Å². The molecule has 3 aromatic carbocycles. The van der Waals surface area contributed by atoms with Gasteiger partial charge < -0.3 is 20.6 Å². The van der Waals surface area contributed by atoms with Crippen molar-refractivity contribution < 1.29 is 9.90 Å². The van der Waals surface area contributed by atoms with Crippen molar-refractivity contribution in [3.05, 3.63) is 80.1 Å². The van der Waals surface area contributed by atoms with E-state index in [4.69, 9.17) is 0 Å². The van der Waals surface area contributed by atoms with Crippen LogP contribution in [0.2, 0.25) is 0 Å². The van der Waals surface area contributed by atoms with Gasteiger partial charge in [-0.05, 0) is 30.5 Å². The number of hydrogen-bond acceptors (Lipinski definition) is 6. The summed E-state index contributed by atoms with van der Waals surface area (Å²) in [4.78, 5) is 38.4. The van der Waals surface area contributed by atoms with E-state index in [1.807, 2.05) is 18.2 Å². The molecule has 4 rings (SSSR count). The van der Waals surface area contributed by atoms with Crippen molar-refractivity contribution in [1.29, 1.82) is 0 Å². The molecule has 7 heteroatoms. The first-order valence-electron chi connectivity index (χ1n) is 10.8. The molecule has 3 N–H and O–H groups in total. The number of aromatic hydroxyl groups is 1. The van der Waals surface area contributed by atoms with E-state index in [2.05, 4.69) is 22.8 Å². The van der Waals surface area contributed by atoms with Gasteiger partial charge >= 0.3 is 0 Å². The maximum absolute atomic E-state index is 12.4. The Labute approximate surface area is 186 Å². The Hall–Kier alpha value is -3.61. The zero-order valence-electron chi connectivity index (χ0n) is 18.2. The molecule has 0 bridgehead atoms. The summed E-state index contributed by atoms with van der Waals surface area (Å²) in [7, 11) is 3.18. The van der Waals surface area contributed by atoms with Crippen LogP contribution >= 0.6 is 0 Å². The Morgan fingerprint density at radius 3 is 2.34 bits per heavy atom. The molecule has 0 unspecified atom stereocenters. The fourth-order valence-electron chi connectivity index (χ4n) is 4.43. The molecule has 1 fully saturated rings. The third-order valence-corrected chi connectivity index (χ3v) is 6.17. The van der Waals surface area contributed by atoms with Gasteiger partial charge in [0.1, 0.15) is 11.4 Å². The smallest absolute Gasteiger partial charge is 0.257 e. The summed E-state index contributed by atoms with van der Waals surface area (Å²) in [5.74, 6) is -0.371. The maximum atomic E-state index is 12.4. The van der Waals surface area contributed by atoms with Gasteiger partial charge in [-0.3, -0.25) is 14.4 Å². The molecule has 166 valence electrons. The molecule has 1 aliphatic rings. The molecule has 7 nitrogen and oxygen atoms in total. The Kier molecular flexibility index (Phi) is 5.99. The van der Waals surface area contributed by atoms with Gasteiger partial charge in [0.2, 0.25) is 0 Å². The Morgan fingerprint density at radius 2 is 1.62 bits per heavy atom. The Balaban J connectivity index is 1.60. The Bertz CT molecular complexity index is 1200. The lowest BCUT2D eigenvalue weighted by molar-refractivity contribution is 0.0824. The molecule has 2 atom stereocenters. The molecule has 0 heterocycles. The Morgan fingerprint density at radius 1 is 0.938 bits per heavy atom. The number of rotatable bonds is 6. The standard InChI is InChI=1S/C25H27N3O4/c1-28(2)25(32)17-12-8-14-19(22(17)29)27-21-20(23(30)24(21)31)26-18-13-7-6-11-16(18)15-9-4-3-5-10-15/h3-5,8-10,12,14,16,18,26-27,29H,6-7,11,13H2,1-2H3/t16-,18-/m0/s1. The van der Waals surface area contributed by atoms with Crippen molar-refractivity contribution in [2.24, 2.45) is 0 Å². The van der Waals surface area contributed by atoms with Gasteiger partial charge in [-0.2, -0.15) is 0 Å². The molecule has 0 aromatic heterocycles. The summed E-state index contributed by atoms with van der Waals surface area (Å²) < 4.78 is 0. The van der Waals surface area contributed by atoms with Gasteiger partial charge in [0.25, 0.3) is 16.8 Å². The highest BCUT2D eigenvalue weighted by Gasteiger charge is 2.31. The van der Waals surface area contributed by atoms with Crippen LogP contribution in [0.1, 0.15) is 47.5 Å². The van der Waals surface area contributed by atoms with E-state index in [-0.39, 0.29) is 46.2 Å². The van der Waals surface area contributed by atoms with Crippen molar-refractivity contribution in [2.45, 2.75) is 37.6 Å². The summed E-state index contributed by atoms with van der Waals surface area (Å²) in [6, 6.07) is 14.9. The van der Waals surface area contributed by atoms with Crippen LogP contribution in [0.3, 0.4) is 0 Å². The van der Waals surface area contributed by atoms with Gasteiger partial charge in [-0.25, -0.2) is 0 Å². The molecule has 1 aliphatic carbocycles. The van der Waals surface area contributed by atoms with Crippen LogP contribution in [0, 0.1) is 0 Å². The number of nitrogens with zero attached hydrogens (tertiary/aromatic N) is 1. The van der Waals surface area contributed by atoms with Crippen LogP contribution in [0.25, 0.3) is 0 Å². The minimum atomic E-state index is -0.636. The molecule has 0 aliphatic heterocycles. The van der Waals surface area contributed by atoms with Crippen molar-refractivity contribution in [3.8, 4) is 5.75 Å². The van der Waals surface area contributed by atoms with Crippen LogP contribution in [-0.4, -0.2) is 36.1 Å². The number of phenolic OH excluding ortho intramolecular Hbond substituents is 1. The van der Waals surface area contributed by atoms with Crippen LogP contribution in [0.4, 0.5) is 17.1 Å². The molecule has 0 saturated heterocycles. The lowest BCUT2D eigenvalue weighted by atomic mass is 9.79. The number of benzene rings is 2. The van der Waals surface area contributed by atoms with Gasteiger partial charge in [0.15, 0.2) is 5.75 Å². The quantitative estimate of drug-likeness (QED) is 0.406. The van der Waals surface area contributed by atoms with Crippen LogP contribution in [0.5, 0.6) is 5.75 Å². The number of anilines is 3. The molecule has 32 heavy (non-hydrogen) atoms. The average molecular weight is 434 g/mol. The lowest BCUT2D eigenvalue weighted by Crippen LogP contribution is -2.41. The first kappa shape index (κ1) is 21.6. The summed E-state index contributed by atoms with van der Waals surface area (Å²) in [6.45, 7) is 0. The lowest BCUT2D eigenvalue weighted by Gasteiger charge is -2.34. The minimum absolute atomic E-state index is 0.0326. The van der Waals surface area contributed by atoms with Crippen LogP contribution < -0.4 is 21.5 Å².